The lowest BCUT2D eigenvalue weighted by atomic mass is 10.2. The highest BCUT2D eigenvalue weighted by molar-refractivity contribution is 5.95. The summed E-state index contributed by atoms with van der Waals surface area (Å²) >= 11 is 0. The van der Waals surface area contributed by atoms with Gasteiger partial charge in [0.2, 0.25) is 0 Å². The molecule has 0 unspecified atom stereocenters. The fourth-order valence-electron chi connectivity index (χ4n) is 2.23. The molecular formula is C12H13N5O. The molecule has 0 saturated heterocycles. The molecule has 0 saturated carbocycles. The minimum atomic E-state index is -0.632. The molecule has 0 aromatic carbocycles. The van der Waals surface area contributed by atoms with Gasteiger partial charge < -0.3 is 11.5 Å². The Kier molecular flexibility index (Phi) is 2.29. The lowest BCUT2D eigenvalue weighted by molar-refractivity contribution is 0.0996. The molecule has 18 heavy (non-hydrogen) atoms. The van der Waals surface area contributed by atoms with Gasteiger partial charge in [-0.1, -0.05) is 6.07 Å². The van der Waals surface area contributed by atoms with E-state index in [1.165, 1.54) is 10.2 Å². The molecule has 0 fully saturated rings. The van der Waals surface area contributed by atoms with Gasteiger partial charge in [0.1, 0.15) is 0 Å². The van der Waals surface area contributed by atoms with Crippen molar-refractivity contribution in [2.45, 2.75) is 19.3 Å². The van der Waals surface area contributed by atoms with E-state index in [1.54, 1.807) is 6.20 Å². The van der Waals surface area contributed by atoms with Crippen LogP contribution in [0.5, 0.6) is 0 Å². The Balaban J connectivity index is 2.05. The van der Waals surface area contributed by atoms with Gasteiger partial charge in [0.25, 0.3) is 5.91 Å². The van der Waals surface area contributed by atoms with Gasteiger partial charge in [-0.2, -0.15) is 5.10 Å². The van der Waals surface area contributed by atoms with E-state index in [1.807, 2.05) is 12.1 Å². The summed E-state index contributed by atoms with van der Waals surface area (Å²) in [5.74, 6) is 0.0299. The first-order valence-electron chi connectivity index (χ1n) is 5.79. The van der Waals surface area contributed by atoms with Crippen LogP contribution < -0.4 is 11.5 Å². The SMILES string of the molecule is NC(=O)c1nn(-c2ccc3c(n2)CCC3)cc1N. The first-order chi connectivity index (χ1) is 8.65. The number of hydrogen-bond donors (Lipinski definition) is 2. The number of fused-ring (bicyclic) bond motifs is 1. The minimum Gasteiger partial charge on any atom is -0.396 e. The molecule has 0 bridgehead atoms. The number of nitrogens with zero attached hydrogens (tertiary/aromatic N) is 3. The van der Waals surface area contributed by atoms with E-state index >= 15 is 0 Å². The zero-order valence-electron chi connectivity index (χ0n) is 9.76. The summed E-state index contributed by atoms with van der Waals surface area (Å²) in [4.78, 5) is 15.6. The van der Waals surface area contributed by atoms with Crippen molar-refractivity contribution in [3.63, 3.8) is 0 Å². The third-order valence-electron chi connectivity index (χ3n) is 3.12. The Morgan fingerprint density at radius 1 is 1.33 bits per heavy atom. The van der Waals surface area contributed by atoms with Crippen LogP contribution in [0.4, 0.5) is 5.69 Å². The van der Waals surface area contributed by atoms with E-state index in [4.69, 9.17) is 11.5 Å². The number of anilines is 1. The van der Waals surface area contributed by atoms with Crippen LogP contribution in [0.15, 0.2) is 18.3 Å². The number of nitrogen functional groups attached to an aromatic ring is 1. The maximum atomic E-state index is 11.1. The van der Waals surface area contributed by atoms with Crippen molar-refractivity contribution in [1.82, 2.24) is 14.8 Å². The number of aryl methyl sites for hydroxylation is 2. The smallest absolute Gasteiger partial charge is 0.271 e. The summed E-state index contributed by atoms with van der Waals surface area (Å²) < 4.78 is 1.49. The lowest BCUT2D eigenvalue weighted by Gasteiger charge is -2.03. The maximum Gasteiger partial charge on any atom is 0.271 e. The molecule has 2 aromatic heterocycles. The molecule has 2 heterocycles. The van der Waals surface area contributed by atoms with E-state index in [-0.39, 0.29) is 11.4 Å². The van der Waals surface area contributed by atoms with E-state index in [0.29, 0.717) is 5.82 Å². The molecule has 2 aromatic rings. The number of primary amides is 1. The van der Waals surface area contributed by atoms with Crippen LogP contribution >= 0.6 is 0 Å². The molecule has 0 atom stereocenters. The normalized spacial score (nSPS) is 13.6. The third kappa shape index (κ3) is 1.62. The average molecular weight is 243 g/mol. The first-order valence-corrected chi connectivity index (χ1v) is 5.79. The van der Waals surface area contributed by atoms with Crippen molar-refractivity contribution in [2.75, 3.05) is 5.73 Å². The zero-order valence-corrected chi connectivity index (χ0v) is 9.76. The highest BCUT2D eigenvalue weighted by atomic mass is 16.1. The molecule has 1 amide bonds. The van der Waals surface area contributed by atoms with E-state index < -0.39 is 5.91 Å². The molecule has 6 nitrogen and oxygen atoms in total. The molecule has 0 spiro atoms. The van der Waals surface area contributed by atoms with Crippen LogP contribution in [0.2, 0.25) is 0 Å². The standard InChI is InChI=1S/C12H13N5O/c13-8-6-17(16-11(8)12(14)18)10-5-4-7-2-1-3-9(7)15-10/h4-6H,1-3,13H2,(H2,14,18). The quantitative estimate of drug-likeness (QED) is 0.799. The highest BCUT2D eigenvalue weighted by Crippen LogP contribution is 2.21. The van der Waals surface area contributed by atoms with Gasteiger partial charge in [0.15, 0.2) is 11.5 Å². The number of pyridine rings is 1. The van der Waals surface area contributed by atoms with Crippen LogP contribution in [-0.4, -0.2) is 20.7 Å². The molecule has 0 aliphatic heterocycles. The second-order valence-corrected chi connectivity index (χ2v) is 4.37. The van der Waals surface area contributed by atoms with Crippen LogP contribution in [0.1, 0.15) is 28.2 Å². The summed E-state index contributed by atoms with van der Waals surface area (Å²) in [6.45, 7) is 0. The van der Waals surface area contributed by atoms with E-state index in [0.717, 1.165) is 25.0 Å². The maximum absolute atomic E-state index is 11.1. The molecule has 4 N–H and O–H groups in total. The van der Waals surface area contributed by atoms with Crippen molar-refractivity contribution in [3.8, 4) is 5.82 Å². The largest absolute Gasteiger partial charge is 0.396 e. The van der Waals surface area contributed by atoms with Crippen LogP contribution in [0, 0.1) is 0 Å². The number of aromatic nitrogens is 3. The fraction of sp³-hybridized carbons (Fsp3) is 0.250. The molecule has 0 radical (unpaired) electrons. The van der Waals surface area contributed by atoms with Gasteiger partial charge in [-0.15, -0.1) is 0 Å². The van der Waals surface area contributed by atoms with Crippen molar-refractivity contribution >= 4 is 11.6 Å². The van der Waals surface area contributed by atoms with Gasteiger partial charge in [0.05, 0.1) is 11.9 Å². The van der Waals surface area contributed by atoms with Crippen molar-refractivity contribution in [2.24, 2.45) is 5.73 Å². The second-order valence-electron chi connectivity index (χ2n) is 4.37. The number of carbonyl (C=O) groups is 1. The van der Waals surface area contributed by atoms with E-state index in [2.05, 4.69) is 10.1 Å². The second kappa shape index (κ2) is 3.83. The number of hydrogen-bond acceptors (Lipinski definition) is 4. The predicted octanol–water partition coefficient (Wildman–Crippen LogP) is 0.437. The monoisotopic (exact) mass is 243 g/mol. The Morgan fingerprint density at radius 3 is 2.89 bits per heavy atom. The molecular weight excluding hydrogens is 230 g/mol. The fourth-order valence-corrected chi connectivity index (χ4v) is 2.23. The van der Waals surface area contributed by atoms with Crippen LogP contribution in [-0.2, 0) is 12.8 Å². The zero-order chi connectivity index (χ0) is 12.7. The Bertz CT molecular complexity index is 631. The number of carbonyl (C=O) groups excluding carboxylic acids is 1. The van der Waals surface area contributed by atoms with Gasteiger partial charge in [-0.25, -0.2) is 9.67 Å². The molecule has 1 aliphatic carbocycles. The number of nitrogens with two attached hydrogens (primary N) is 2. The van der Waals surface area contributed by atoms with Crippen molar-refractivity contribution in [3.05, 3.63) is 35.3 Å². The van der Waals surface area contributed by atoms with Crippen molar-refractivity contribution in [1.29, 1.82) is 0 Å². The third-order valence-corrected chi connectivity index (χ3v) is 3.12. The number of amides is 1. The first kappa shape index (κ1) is 10.8. The van der Waals surface area contributed by atoms with Gasteiger partial charge >= 0.3 is 0 Å². The van der Waals surface area contributed by atoms with Crippen LogP contribution in [0.3, 0.4) is 0 Å². The summed E-state index contributed by atoms with van der Waals surface area (Å²) in [7, 11) is 0. The summed E-state index contributed by atoms with van der Waals surface area (Å²) in [6, 6.07) is 3.92. The molecule has 3 rings (SSSR count). The Labute approximate surface area is 104 Å². The molecule has 6 heteroatoms. The van der Waals surface area contributed by atoms with Gasteiger partial charge in [-0.3, -0.25) is 4.79 Å². The highest BCUT2D eigenvalue weighted by Gasteiger charge is 2.16. The van der Waals surface area contributed by atoms with E-state index in [9.17, 15) is 4.79 Å². The van der Waals surface area contributed by atoms with Gasteiger partial charge in [-0.05, 0) is 30.9 Å². The van der Waals surface area contributed by atoms with Crippen molar-refractivity contribution < 1.29 is 4.79 Å². The summed E-state index contributed by atoms with van der Waals surface area (Å²) in [5, 5.41) is 4.06. The van der Waals surface area contributed by atoms with Crippen LogP contribution in [0.25, 0.3) is 5.82 Å². The number of rotatable bonds is 2. The predicted molar refractivity (Wildman–Crippen MR) is 66.3 cm³/mol. The Hall–Kier alpha value is -2.37. The Morgan fingerprint density at radius 2 is 2.17 bits per heavy atom. The minimum absolute atomic E-state index is 0.0808. The summed E-state index contributed by atoms with van der Waals surface area (Å²) in [6.07, 6.45) is 4.77. The average Bonchev–Trinajstić information content (AvgIpc) is 2.93. The lowest BCUT2D eigenvalue weighted by Crippen LogP contribution is -2.14. The molecule has 1 aliphatic rings. The summed E-state index contributed by atoms with van der Waals surface area (Å²) in [5.41, 5.74) is 13.6. The molecule has 92 valence electrons. The topological polar surface area (TPSA) is 99.8 Å². The van der Waals surface area contributed by atoms with Gasteiger partial charge in [0, 0.05) is 5.69 Å².